The maximum atomic E-state index is 10.4. The topological polar surface area (TPSA) is 89.2 Å². The van der Waals surface area contributed by atoms with Crippen LogP contribution in [0.4, 0.5) is 0 Å². The van der Waals surface area contributed by atoms with Gasteiger partial charge < -0.3 is 29.4 Å². The standard InChI is InChI=1S/C13H27NO6/c1-16-5-6-18-9-10-20-12-11-19-8-7-17-4-2-3-13(14)15/h2-12H2,1H3,(H2,14,15). The fourth-order valence-electron chi connectivity index (χ4n) is 1.25. The Morgan fingerprint density at radius 1 is 0.750 bits per heavy atom. The summed E-state index contributed by atoms with van der Waals surface area (Å²) in [5, 5.41) is 0. The summed E-state index contributed by atoms with van der Waals surface area (Å²) < 4.78 is 25.9. The summed E-state index contributed by atoms with van der Waals surface area (Å²) in [4.78, 5) is 10.4. The van der Waals surface area contributed by atoms with Crippen LogP contribution in [0.3, 0.4) is 0 Å². The van der Waals surface area contributed by atoms with Crippen LogP contribution < -0.4 is 5.73 Å². The highest BCUT2D eigenvalue weighted by Crippen LogP contribution is 1.89. The number of ether oxygens (including phenoxy) is 5. The number of nitrogens with two attached hydrogens (primary N) is 1. The van der Waals surface area contributed by atoms with Crippen LogP contribution in [0.5, 0.6) is 0 Å². The second kappa shape index (κ2) is 16.3. The van der Waals surface area contributed by atoms with Gasteiger partial charge in [0.1, 0.15) is 0 Å². The number of hydrogen-bond acceptors (Lipinski definition) is 6. The molecular weight excluding hydrogens is 266 g/mol. The van der Waals surface area contributed by atoms with Crippen molar-refractivity contribution >= 4 is 5.91 Å². The lowest BCUT2D eigenvalue weighted by atomic mass is 10.3. The SMILES string of the molecule is COCCOCCOCCOCCOCCCC(N)=O. The smallest absolute Gasteiger partial charge is 0.217 e. The van der Waals surface area contributed by atoms with Crippen LogP contribution >= 0.6 is 0 Å². The lowest BCUT2D eigenvalue weighted by Crippen LogP contribution is -2.14. The van der Waals surface area contributed by atoms with Gasteiger partial charge in [-0.2, -0.15) is 0 Å². The van der Waals surface area contributed by atoms with Gasteiger partial charge in [0.15, 0.2) is 0 Å². The first-order valence-electron chi connectivity index (χ1n) is 6.85. The fraction of sp³-hybridized carbons (Fsp3) is 0.923. The molecule has 0 saturated carbocycles. The number of hydrogen-bond donors (Lipinski definition) is 1. The highest BCUT2D eigenvalue weighted by molar-refractivity contribution is 5.73. The van der Waals surface area contributed by atoms with E-state index in [0.717, 1.165) is 0 Å². The monoisotopic (exact) mass is 293 g/mol. The van der Waals surface area contributed by atoms with E-state index in [1.807, 2.05) is 0 Å². The Labute approximate surface area is 120 Å². The molecule has 0 aromatic carbocycles. The van der Waals surface area contributed by atoms with Crippen LogP contribution in [0.1, 0.15) is 12.8 Å². The third kappa shape index (κ3) is 17.3. The second-order valence-electron chi connectivity index (χ2n) is 4.01. The van der Waals surface area contributed by atoms with Crippen molar-refractivity contribution in [2.24, 2.45) is 5.73 Å². The number of carbonyl (C=O) groups excluding carboxylic acids is 1. The van der Waals surface area contributed by atoms with Gasteiger partial charge in [0.05, 0.1) is 52.9 Å². The van der Waals surface area contributed by atoms with Gasteiger partial charge in [-0.1, -0.05) is 0 Å². The van der Waals surface area contributed by atoms with Crippen LogP contribution in [0, 0.1) is 0 Å². The Hall–Kier alpha value is -0.730. The van der Waals surface area contributed by atoms with Crippen LogP contribution in [0.15, 0.2) is 0 Å². The van der Waals surface area contributed by atoms with Crippen molar-refractivity contribution in [3.63, 3.8) is 0 Å². The molecule has 0 rings (SSSR count). The van der Waals surface area contributed by atoms with Crippen LogP contribution in [-0.2, 0) is 28.5 Å². The van der Waals surface area contributed by atoms with E-state index < -0.39 is 0 Å². The quantitative estimate of drug-likeness (QED) is 0.402. The van der Waals surface area contributed by atoms with Gasteiger partial charge in [-0.25, -0.2) is 0 Å². The van der Waals surface area contributed by atoms with Gasteiger partial charge in [0.2, 0.25) is 5.91 Å². The first-order valence-corrected chi connectivity index (χ1v) is 6.85. The molecular formula is C13H27NO6. The summed E-state index contributed by atoms with van der Waals surface area (Å²) in [7, 11) is 1.64. The molecule has 0 aromatic heterocycles. The maximum Gasteiger partial charge on any atom is 0.217 e. The van der Waals surface area contributed by atoms with Crippen molar-refractivity contribution in [1.82, 2.24) is 0 Å². The molecule has 7 heteroatoms. The van der Waals surface area contributed by atoms with E-state index in [0.29, 0.717) is 72.3 Å². The van der Waals surface area contributed by atoms with Crippen LogP contribution in [0.25, 0.3) is 0 Å². The third-order valence-corrected chi connectivity index (χ3v) is 2.26. The molecule has 0 aromatic rings. The second-order valence-corrected chi connectivity index (χ2v) is 4.01. The third-order valence-electron chi connectivity index (χ3n) is 2.26. The summed E-state index contributed by atoms with van der Waals surface area (Å²) in [6.45, 7) is 4.93. The molecule has 0 spiro atoms. The average Bonchev–Trinajstić information content (AvgIpc) is 2.43. The van der Waals surface area contributed by atoms with E-state index in [1.165, 1.54) is 0 Å². The molecule has 20 heavy (non-hydrogen) atoms. The van der Waals surface area contributed by atoms with Gasteiger partial charge in [-0.3, -0.25) is 4.79 Å². The first-order chi connectivity index (χ1) is 9.77. The van der Waals surface area contributed by atoms with Crippen molar-refractivity contribution < 1.29 is 28.5 Å². The van der Waals surface area contributed by atoms with Crippen molar-refractivity contribution in [1.29, 1.82) is 0 Å². The lowest BCUT2D eigenvalue weighted by Gasteiger charge is -2.07. The Kier molecular flexibility index (Phi) is 15.7. The summed E-state index contributed by atoms with van der Waals surface area (Å²) in [5.41, 5.74) is 5.00. The molecule has 0 aliphatic rings. The van der Waals surface area contributed by atoms with Crippen molar-refractivity contribution in [3.8, 4) is 0 Å². The number of methoxy groups -OCH3 is 1. The van der Waals surface area contributed by atoms with E-state index in [9.17, 15) is 4.79 Å². The zero-order chi connectivity index (χ0) is 14.9. The Bertz CT molecular complexity index is 215. The lowest BCUT2D eigenvalue weighted by molar-refractivity contribution is -0.118. The van der Waals surface area contributed by atoms with Crippen LogP contribution in [-0.4, -0.2) is 72.5 Å². The van der Waals surface area contributed by atoms with Crippen molar-refractivity contribution in [3.05, 3.63) is 0 Å². The predicted octanol–water partition coefficient (Wildman–Crippen LogP) is -0.0353. The first kappa shape index (κ1) is 19.3. The molecule has 0 aliphatic heterocycles. The number of rotatable bonds is 16. The maximum absolute atomic E-state index is 10.4. The summed E-state index contributed by atoms with van der Waals surface area (Å²) in [5.74, 6) is -0.298. The Morgan fingerprint density at radius 2 is 1.15 bits per heavy atom. The minimum absolute atomic E-state index is 0.298. The van der Waals surface area contributed by atoms with Gasteiger partial charge in [0, 0.05) is 20.1 Å². The molecule has 0 saturated heterocycles. The molecule has 0 bridgehead atoms. The summed E-state index contributed by atoms with van der Waals surface area (Å²) in [6, 6.07) is 0. The molecule has 0 unspecified atom stereocenters. The fourth-order valence-corrected chi connectivity index (χ4v) is 1.25. The van der Waals surface area contributed by atoms with Gasteiger partial charge >= 0.3 is 0 Å². The van der Waals surface area contributed by atoms with Gasteiger partial charge in [-0.05, 0) is 6.42 Å². The molecule has 1 amide bonds. The minimum atomic E-state index is -0.298. The van der Waals surface area contributed by atoms with E-state index >= 15 is 0 Å². The van der Waals surface area contributed by atoms with E-state index in [1.54, 1.807) is 7.11 Å². The molecule has 0 heterocycles. The zero-order valence-corrected chi connectivity index (χ0v) is 12.3. The number of carbonyl (C=O) groups is 1. The van der Waals surface area contributed by atoms with Gasteiger partial charge in [-0.15, -0.1) is 0 Å². The molecule has 2 N–H and O–H groups in total. The zero-order valence-electron chi connectivity index (χ0n) is 12.3. The molecule has 0 aliphatic carbocycles. The van der Waals surface area contributed by atoms with Crippen LogP contribution in [0.2, 0.25) is 0 Å². The Balaban J connectivity index is 2.94. The van der Waals surface area contributed by atoms with Gasteiger partial charge in [0.25, 0.3) is 0 Å². The number of primary amides is 1. The van der Waals surface area contributed by atoms with E-state index in [4.69, 9.17) is 29.4 Å². The van der Waals surface area contributed by atoms with Crippen molar-refractivity contribution in [2.75, 3.05) is 66.6 Å². The summed E-state index contributed by atoms with van der Waals surface area (Å²) >= 11 is 0. The molecule has 0 fully saturated rings. The number of amides is 1. The van der Waals surface area contributed by atoms with E-state index in [-0.39, 0.29) is 5.91 Å². The summed E-state index contributed by atoms with van der Waals surface area (Å²) in [6.07, 6.45) is 1.02. The molecule has 0 radical (unpaired) electrons. The highest BCUT2D eigenvalue weighted by atomic mass is 16.6. The normalized spacial score (nSPS) is 10.8. The molecule has 120 valence electrons. The molecule has 7 nitrogen and oxygen atoms in total. The van der Waals surface area contributed by atoms with E-state index in [2.05, 4.69) is 0 Å². The predicted molar refractivity (Wildman–Crippen MR) is 73.6 cm³/mol. The van der Waals surface area contributed by atoms with Crippen molar-refractivity contribution in [2.45, 2.75) is 12.8 Å². The minimum Gasteiger partial charge on any atom is -0.382 e. The molecule has 0 atom stereocenters. The largest absolute Gasteiger partial charge is 0.382 e. The highest BCUT2D eigenvalue weighted by Gasteiger charge is 1.95. The average molecular weight is 293 g/mol. The Morgan fingerprint density at radius 3 is 1.55 bits per heavy atom.